The van der Waals surface area contributed by atoms with Gasteiger partial charge in [-0.05, 0) is 73.6 Å². The summed E-state index contributed by atoms with van der Waals surface area (Å²) in [6.07, 6.45) is 7.56. The lowest BCUT2D eigenvalue weighted by Gasteiger charge is -2.53. The molecular weight excluding hydrogens is 397 g/mol. The molecule has 3 aliphatic carbocycles. The molecular formula is C25H34FNO4. The Hall–Kier alpha value is -1.92. The van der Waals surface area contributed by atoms with E-state index in [0.717, 1.165) is 44.3 Å². The maximum atomic E-state index is 12.7. The summed E-state index contributed by atoms with van der Waals surface area (Å²) >= 11 is 0. The summed E-state index contributed by atoms with van der Waals surface area (Å²) in [5, 5.41) is 0. The van der Waals surface area contributed by atoms with Crippen molar-refractivity contribution in [3.8, 4) is 5.75 Å². The first-order valence-electron chi connectivity index (χ1n) is 11.6. The molecule has 0 atom stereocenters. The maximum absolute atomic E-state index is 12.7. The molecule has 1 aromatic rings. The summed E-state index contributed by atoms with van der Waals surface area (Å²) in [7, 11) is 0. The lowest BCUT2D eigenvalue weighted by molar-refractivity contribution is -0.158. The van der Waals surface area contributed by atoms with Gasteiger partial charge in [0.05, 0.1) is 25.1 Å². The number of halogens is 1. The normalized spacial score (nSPS) is 28.6. The van der Waals surface area contributed by atoms with Crippen LogP contribution in [-0.2, 0) is 19.7 Å². The van der Waals surface area contributed by atoms with Gasteiger partial charge >= 0.3 is 0 Å². The number of ether oxygens (including phenoxy) is 3. The Morgan fingerprint density at radius 3 is 2.29 bits per heavy atom. The predicted molar refractivity (Wildman–Crippen MR) is 117 cm³/mol. The van der Waals surface area contributed by atoms with Crippen LogP contribution in [0.15, 0.2) is 36.2 Å². The highest BCUT2D eigenvalue weighted by Gasteiger charge is 2.50. The molecule has 6 heteroatoms. The Balaban J connectivity index is 1.30. The molecule has 0 N–H and O–H groups in total. The fraction of sp³-hybridized carbons (Fsp3) is 0.640. The Kier molecular flexibility index (Phi) is 6.97. The van der Waals surface area contributed by atoms with E-state index >= 15 is 0 Å². The van der Waals surface area contributed by atoms with E-state index in [-0.39, 0.29) is 23.5 Å². The number of carbonyl (C=O) groups excluding carboxylic acids is 1. The third kappa shape index (κ3) is 4.96. The monoisotopic (exact) mass is 431 g/mol. The minimum Gasteiger partial charge on any atom is -0.489 e. The van der Waals surface area contributed by atoms with Gasteiger partial charge in [0.25, 0.3) is 0 Å². The molecule has 1 amide bonds. The molecule has 5 rings (SSSR count). The third-order valence-corrected chi connectivity index (χ3v) is 7.54. The Bertz CT molecular complexity index is 761. The van der Waals surface area contributed by atoms with E-state index in [1.165, 1.54) is 5.56 Å². The highest BCUT2D eigenvalue weighted by atomic mass is 19.1. The summed E-state index contributed by atoms with van der Waals surface area (Å²) in [6.45, 7) is 4.98. The highest BCUT2D eigenvalue weighted by Crippen LogP contribution is 2.55. The predicted octanol–water partition coefficient (Wildman–Crippen LogP) is 4.55. The first-order chi connectivity index (χ1) is 15.1. The zero-order valence-electron chi connectivity index (χ0n) is 18.5. The van der Waals surface area contributed by atoms with Crippen LogP contribution < -0.4 is 4.74 Å². The minimum absolute atomic E-state index is 0.0875. The summed E-state index contributed by atoms with van der Waals surface area (Å²) in [5.74, 6) is 0.864. The number of hydrogen-bond acceptors (Lipinski definition) is 4. The van der Waals surface area contributed by atoms with Gasteiger partial charge in [-0.1, -0.05) is 19.1 Å². The van der Waals surface area contributed by atoms with Gasteiger partial charge in [-0.25, -0.2) is 4.39 Å². The topological polar surface area (TPSA) is 48.0 Å². The van der Waals surface area contributed by atoms with Crippen molar-refractivity contribution in [3.05, 3.63) is 41.7 Å². The number of morpholine rings is 1. The average molecular weight is 432 g/mol. The lowest BCUT2D eigenvalue weighted by atomic mass is 9.56. The van der Waals surface area contributed by atoms with Gasteiger partial charge in [0.2, 0.25) is 5.91 Å². The second kappa shape index (κ2) is 9.70. The van der Waals surface area contributed by atoms with Crippen LogP contribution in [0.4, 0.5) is 4.39 Å². The van der Waals surface area contributed by atoms with Gasteiger partial charge in [0.1, 0.15) is 19.0 Å². The smallest absolute Gasteiger partial charge is 0.248 e. The van der Waals surface area contributed by atoms with Gasteiger partial charge in [-0.3, -0.25) is 4.79 Å². The van der Waals surface area contributed by atoms with Crippen LogP contribution in [0.5, 0.6) is 5.75 Å². The summed E-state index contributed by atoms with van der Waals surface area (Å²) in [6, 6.07) is 8.34. The highest BCUT2D eigenvalue weighted by molar-refractivity contribution is 5.77. The number of carbonyl (C=O) groups is 1. The first kappa shape index (κ1) is 22.3. The largest absolute Gasteiger partial charge is 0.489 e. The summed E-state index contributed by atoms with van der Waals surface area (Å²) in [4.78, 5) is 14.3. The van der Waals surface area contributed by atoms with Crippen LogP contribution >= 0.6 is 0 Å². The van der Waals surface area contributed by atoms with Crippen LogP contribution in [0.1, 0.15) is 57.4 Å². The number of nitrogens with zero attached hydrogens (tertiary/aromatic N) is 1. The number of rotatable bonds is 8. The zero-order chi connectivity index (χ0) is 21.7. The van der Waals surface area contributed by atoms with E-state index < -0.39 is 0 Å². The molecule has 1 saturated heterocycles. The van der Waals surface area contributed by atoms with E-state index in [0.29, 0.717) is 51.2 Å². The Labute approximate surface area is 184 Å². The number of amides is 1. The van der Waals surface area contributed by atoms with E-state index in [2.05, 4.69) is 12.1 Å². The molecule has 0 spiro atoms. The molecule has 4 fully saturated rings. The van der Waals surface area contributed by atoms with Crippen molar-refractivity contribution in [2.24, 2.45) is 0 Å². The lowest BCUT2D eigenvalue weighted by Crippen LogP contribution is -2.51. The van der Waals surface area contributed by atoms with Gasteiger partial charge < -0.3 is 19.1 Å². The molecule has 0 unspecified atom stereocenters. The molecule has 31 heavy (non-hydrogen) atoms. The van der Waals surface area contributed by atoms with Crippen LogP contribution in [0, 0.1) is 0 Å². The van der Waals surface area contributed by atoms with Crippen molar-refractivity contribution in [2.75, 3.05) is 39.5 Å². The molecule has 3 saturated carbocycles. The maximum Gasteiger partial charge on any atom is 0.248 e. The zero-order valence-corrected chi connectivity index (χ0v) is 18.5. The van der Waals surface area contributed by atoms with Crippen molar-refractivity contribution in [2.45, 2.75) is 62.9 Å². The van der Waals surface area contributed by atoms with Crippen LogP contribution in [0.2, 0.25) is 0 Å². The van der Waals surface area contributed by atoms with Gasteiger partial charge in [0.15, 0.2) is 0 Å². The Morgan fingerprint density at radius 1 is 1.06 bits per heavy atom. The number of benzene rings is 1. The van der Waals surface area contributed by atoms with E-state index in [4.69, 9.17) is 14.2 Å². The molecule has 5 nitrogen and oxygen atoms in total. The van der Waals surface area contributed by atoms with Crippen molar-refractivity contribution in [3.63, 3.8) is 0 Å². The first-order valence-corrected chi connectivity index (χ1v) is 11.6. The van der Waals surface area contributed by atoms with Gasteiger partial charge in [-0.2, -0.15) is 0 Å². The third-order valence-electron chi connectivity index (χ3n) is 7.54. The fourth-order valence-corrected chi connectivity index (χ4v) is 5.21. The molecule has 1 aliphatic heterocycles. The number of fused-ring (bicyclic) bond motifs is 3. The van der Waals surface area contributed by atoms with Crippen LogP contribution in [0.25, 0.3) is 0 Å². The summed E-state index contributed by atoms with van der Waals surface area (Å²) < 4.78 is 30.0. The molecule has 4 aliphatic rings. The average Bonchev–Trinajstić information content (AvgIpc) is 2.85. The Morgan fingerprint density at radius 2 is 1.71 bits per heavy atom. The van der Waals surface area contributed by atoms with Crippen LogP contribution in [-0.4, -0.2) is 55.9 Å². The molecule has 0 aromatic heterocycles. The number of hydrogen-bond donors (Lipinski definition) is 0. The van der Waals surface area contributed by atoms with E-state index in [1.54, 1.807) is 0 Å². The second-order valence-electron chi connectivity index (χ2n) is 9.18. The van der Waals surface area contributed by atoms with Gasteiger partial charge in [-0.15, -0.1) is 0 Å². The van der Waals surface area contributed by atoms with E-state index in [1.807, 2.05) is 24.0 Å². The quantitative estimate of drug-likeness (QED) is 0.606. The minimum atomic E-state index is -0.137. The van der Waals surface area contributed by atoms with Crippen molar-refractivity contribution < 1.29 is 23.4 Å². The molecule has 0 radical (unpaired) electrons. The fourth-order valence-electron chi connectivity index (χ4n) is 5.21. The van der Waals surface area contributed by atoms with Gasteiger partial charge in [0, 0.05) is 13.1 Å². The SMILES string of the molecule is CC/C(=C\F)COc1ccc(C23CCC(OCC(=O)N4CCOCC4)(CC2)CC3)cc1. The molecule has 1 heterocycles. The van der Waals surface area contributed by atoms with Crippen LogP contribution in [0.3, 0.4) is 0 Å². The second-order valence-corrected chi connectivity index (χ2v) is 9.18. The standard InChI is InChI=1S/C25H34FNO4/c1-2-20(17-26)18-30-22-5-3-21(4-6-22)24-7-10-25(11-8-24,12-9-24)31-19-23(28)27-13-15-29-16-14-27/h3-6,17H,2,7-16,18-19H2,1H3/b20-17+. The summed E-state index contributed by atoms with van der Waals surface area (Å²) in [5.41, 5.74) is 2.08. The van der Waals surface area contributed by atoms with Crippen molar-refractivity contribution in [1.29, 1.82) is 0 Å². The molecule has 2 bridgehead atoms. The van der Waals surface area contributed by atoms with E-state index in [9.17, 15) is 9.18 Å². The molecule has 1 aromatic carbocycles. The molecule has 170 valence electrons. The van der Waals surface area contributed by atoms with Crippen molar-refractivity contribution in [1.82, 2.24) is 4.90 Å². The van der Waals surface area contributed by atoms with Crippen molar-refractivity contribution >= 4 is 5.91 Å².